The molecule has 0 N–H and O–H groups in total. The Morgan fingerprint density at radius 3 is 2.31 bits per heavy atom. The Balaban J connectivity index is 2.83. The van der Waals surface area contributed by atoms with Gasteiger partial charge >= 0.3 is 0 Å². The van der Waals surface area contributed by atoms with E-state index in [0.717, 1.165) is 0 Å². The Labute approximate surface area is 77.1 Å². The summed E-state index contributed by atoms with van der Waals surface area (Å²) < 4.78 is 25.9. The van der Waals surface area contributed by atoms with E-state index in [-0.39, 0.29) is 18.5 Å². The number of hydrogen-bond donors (Lipinski definition) is 0. The van der Waals surface area contributed by atoms with Crippen LogP contribution in [-0.4, -0.2) is 28.9 Å². The first-order chi connectivity index (χ1) is 5.76. The quantitative estimate of drug-likeness (QED) is 0.581. The van der Waals surface area contributed by atoms with Crippen molar-refractivity contribution in [1.29, 1.82) is 5.26 Å². The lowest BCUT2D eigenvalue weighted by Gasteiger charge is -2.33. The maximum Gasteiger partial charge on any atom is 0.263 e. The smallest absolute Gasteiger partial charge is 0.263 e. The second-order valence-corrected chi connectivity index (χ2v) is 4.50. The molecule has 1 fully saturated rings. The highest BCUT2D eigenvalue weighted by molar-refractivity contribution is 5.05. The summed E-state index contributed by atoms with van der Waals surface area (Å²) in [4.78, 5) is 1.56. The van der Waals surface area contributed by atoms with Crippen LogP contribution in [0.1, 0.15) is 27.2 Å². The maximum absolute atomic E-state index is 13.0. The van der Waals surface area contributed by atoms with Crippen LogP contribution in [0.25, 0.3) is 0 Å². The topological polar surface area (TPSA) is 27.0 Å². The average Bonchev–Trinajstić information content (AvgIpc) is 2.24. The number of likely N-dealkylation sites (tertiary alicyclic amines) is 1. The highest BCUT2D eigenvalue weighted by Gasteiger charge is 2.48. The van der Waals surface area contributed by atoms with Gasteiger partial charge in [0.1, 0.15) is 6.04 Å². The zero-order valence-corrected chi connectivity index (χ0v) is 8.14. The lowest BCUT2D eigenvalue weighted by molar-refractivity contribution is 0.00155. The molecular formula is C9H14F2N2. The van der Waals surface area contributed by atoms with Crippen LogP contribution < -0.4 is 0 Å². The lowest BCUT2D eigenvalue weighted by Crippen LogP contribution is -2.44. The number of rotatable bonds is 0. The van der Waals surface area contributed by atoms with Crippen LogP contribution in [0.5, 0.6) is 0 Å². The van der Waals surface area contributed by atoms with Gasteiger partial charge in [0.25, 0.3) is 5.92 Å². The predicted molar refractivity (Wildman–Crippen MR) is 45.4 cm³/mol. The first kappa shape index (κ1) is 10.4. The molecule has 4 heteroatoms. The lowest BCUT2D eigenvalue weighted by atomic mass is 10.1. The third kappa shape index (κ3) is 2.16. The summed E-state index contributed by atoms with van der Waals surface area (Å²) in [5.74, 6) is -2.70. The number of nitrogens with zero attached hydrogens (tertiary/aromatic N) is 2. The normalized spacial score (nSPS) is 28.8. The Hall–Kier alpha value is -0.690. The third-order valence-electron chi connectivity index (χ3n) is 2.28. The monoisotopic (exact) mass is 188 g/mol. The highest BCUT2D eigenvalue weighted by atomic mass is 19.3. The SMILES string of the molecule is CC(C)(C)N1CC(F)(F)CC1C#N. The molecule has 1 unspecified atom stereocenters. The molecule has 0 aromatic rings. The van der Waals surface area contributed by atoms with E-state index in [1.54, 1.807) is 4.90 Å². The fourth-order valence-corrected chi connectivity index (χ4v) is 1.64. The van der Waals surface area contributed by atoms with Gasteiger partial charge < -0.3 is 0 Å². The molecule has 13 heavy (non-hydrogen) atoms. The van der Waals surface area contributed by atoms with Crippen LogP contribution in [0.4, 0.5) is 8.78 Å². The van der Waals surface area contributed by atoms with Crippen LogP contribution in [0, 0.1) is 11.3 Å². The van der Waals surface area contributed by atoms with Gasteiger partial charge in [0.2, 0.25) is 0 Å². The molecule has 1 rings (SSSR count). The Bertz CT molecular complexity index is 237. The summed E-state index contributed by atoms with van der Waals surface area (Å²) in [6.45, 7) is 5.24. The number of hydrogen-bond acceptors (Lipinski definition) is 2. The average molecular weight is 188 g/mol. The zero-order chi connectivity index (χ0) is 10.3. The van der Waals surface area contributed by atoms with E-state index in [0.29, 0.717) is 0 Å². The standard InChI is InChI=1S/C9H14F2N2/c1-8(2,3)13-6-9(10,11)4-7(13)5-12/h7H,4,6H2,1-3H3. The molecule has 0 aromatic carbocycles. The second kappa shape index (κ2) is 2.91. The van der Waals surface area contributed by atoms with Crippen LogP contribution in [0.2, 0.25) is 0 Å². The highest BCUT2D eigenvalue weighted by Crippen LogP contribution is 2.35. The summed E-state index contributed by atoms with van der Waals surface area (Å²) in [7, 11) is 0. The summed E-state index contributed by atoms with van der Waals surface area (Å²) in [6.07, 6.45) is -0.333. The van der Waals surface area contributed by atoms with E-state index < -0.39 is 12.0 Å². The molecule has 0 aromatic heterocycles. The summed E-state index contributed by atoms with van der Waals surface area (Å²) in [5.41, 5.74) is -0.361. The first-order valence-corrected chi connectivity index (χ1v) is 4.30. The minimum Gasteiger partial charge on any atom is -0.277 e. The van der Waals surface area contributed by atoms with Crippen molar-refractivity contribution in [3.05, 3.63) is 0 Å². The maximum atomic E-state index is 13.0. The van der Waals surface area contributed by atoms with E-state index >= 15 is 0 Å². The van der Waals surface area contributed by atoms with Gasteiger partial charge in [-0.15, -0.1) is 0 Å². The van der Waals surface area contributed by atoms with Gasteiger partial charge in [-0.05, 0) is 20.8 Å². The fraction of sp³-hybridized carbons (Fsp3) is 0.889. The second-order valence-electron chi connectivity index (χ2n) is 4.50. The summed E-state index contributed by atoms with van der Waals surface area (Å²) >= 11 is 0. The van der Waals surface area contributed by atoms with Crippen molar-refractivity contribution in [2.24, 2.45) is 0 Å². The minimum atomic E-state index is -2.70. The van der Waals surface area contributed by atoms with Gasteiger partial charge in [0, 0.05) is 12.0 Å². The van der Waals surface area contributed by atoms with Gasteiger partial charge in [-0.25, -0.2) is 8.78 Å². The molecule has 1 heterocycles. The molecule has 1 saturated heterocycles. The molecule has 1 atom stereocenters. The van der Waals surface area contributed by atoms with E-state index in [2.05, 4.69) is 0 Å². The van der Waals surface area contributed by atoms with Crippen LogP contribution in [0.15, 0.2) is 0 Å². The molecule has 0 saturated carbocycles. The number of nitriles is 1. The molecule has 0 spiro atoms. The molecule has 0 aliphatic carbocycles. The van der Waals surface area contributed by atoms with Crippen molar-refractivity contribution in [2.45, 2.75) is 44.7 Å². The third-order valence-corrected chi connectivity index (χ3v) is 2.28. The van der Waals surface area contributed by atoms with Gasteiger partial charge in [-0.3, -0.25) is 4.90 Å². The van der Waals surface area contributed by atoms with Crippen molar-refractivity contribution in [2.75, 3.05) is 6.54 Å². The van der Waals surface area contributed by atoms with E-state index in [1.165, 1.54) is 0 Å². The van der Waals surface area contributed by atoms with E-state index in [4.69, 9.17) is 5.26 Å². The van der Waals surface area contributed by atoms with Gasteiger partial charge in [-0.1, -0.05) is 0 Å². The fourth-order valence-electron chi connectivity index (χ4n) is 1.64. The van der Waals surface area contributed by atoms with Gasteiger partial charge in [0.15, 0.2) is 0 Å². The van der Waals surface area contributed by atoms with Crippen molar-refractivity contribution >= 4 is 0 Å². The Kier molecular flexibility index (Phi) is 2.33. The van der Waals surface area contributed by atoms with Crippen LogP contribution in [-0.2, 0) is 0 Å². The van der Waals surface area contributed by atoms with Crippen molar-refractivity contribution < 1.29 is 8.78 Å². The molecule has 1 aliphatic rings. The van der Waals surface area contributed by atoms with Crippen LogP contribution in [0.3, 0.4) is 0 Å². The predicted octanol–water partition coefficient (Wildman–Crippen LogP) is 2.02. The van der Waals surface area contributed by atoms with Gasteiger partial charge in [0.05, 0.1) is 12.6 Å². The van der Waals surface area contributed by atoms with Crippen molar-refractivity contribution in [1.82, 2.24) is 4.90 Å². The Morgan fingerprint density at radius 2 is 2.00 bits per heavy atom. The molecule has 0 amide bonds. The molecule has 0 bridgehead atoms. The number of alkyl halides is 2. The molecular weight excluding hydrogens is 174 g/mol. The summed E-state index contributed by atoms with van der Waals surface area (Å²) in [5, 5.41) is 8.71. The molecule has 1 aliphatic heterocycles. The summed E-state index contributed by atoms with van der Waals surface area (Å²) in [6, 6.07) is 1.28. The van der Waals surface area contributed by atoms with Crippen molar-refractivity contribution in [3.63, 3.8) is 0 Å². The van der Waals surface area contributed by atoms with E-state index in [9.17, 15) is 8.78 Å². The molecule has 0 radical (unpaired) electrons. The van der Waals surface area contributed by atoms with Crippen molar-refractivity contribution in [3.8, 4) is 6.07 Å². The first-order valence-electron chi connectivity index (χ1n) is 4.30. The molecule has 74 valence electrons. The minimum absolute atomic E-state index is 0.297. The molecule has 2 nitrogen and oxygen atoms in total. The Morgan fingerprint density at radius 1 is 1.46 bits per heavy atom. The van der Waals surface area contributed by atoms with Gasteiger partial charge in [-0.2, -0.15) is 5.26 Å². The largest absolute Gasteiger partial charge is 0.277 e. The van der Waals surface area contributed by atoms with Crippen LogP contribution >= 0.6 is 0 Å². The number of halogens is 2. The zero-order valence-electron chi connectivity index (χ0n) is 8.14. The van der Waals surface area contributed by atoms with E-state index in [1.807, 2.05) is 26.8 Å².